The van der Waals surface area contributed by atoms with Gasteiger partial charge in [0.15, 0.2) is 0 Å². The van der Waals surface area contributed by atoms with Gasteiger partial charge in [-0.15, -0.1) is 0 Å². The Labute approximate surface area is 138 Å². The van der Waals surface area contributed by atoms with Crippen LogP contribution in [-0.4, -0.2) is 22.0 Å². The van der Waals surface area contributed by atoms with Gasteiger partial charge < -0.3 is 10.6 Å². The monoisotopic (exact) mass is 320 g/mol. The van der Waals surface area contributed by atoms with Crippen molar-refractivity contribution in [1.82, 2.24) is 10.2 Å². The molecule has 6 heteroatoms. The normalized spacial score (nSPS) is 10.2. The lowest BCUT2D eigenvalue weighted by molar-refractivity contribution is 0.101. The molecule has 0 atom stereocenters. The Morgan fingerprint density at radius 1 is 0.833 bits per heavy atom. The molecule has 1 heterocycles. The molecule has 2 aromatic carbocycles. The topological polar surface area (TPSA) is 86.9 Å². The summed E-state index contributed by atoms with van der Waals surface area (Å²) in [7, 11) is 0. The zero-order valence-electron chi connectivity index (χ0n) is 13.0. The summed E-state index contributed by atoms with van der Waals surface area (Å²) >= 11 is 0. The molecule has 0 unspecified atom stereocenters. The van der Waals surface area contributed by atoms with Crippen LogP contribution in [0.5, 0.6) is 0 Å². The first-order valence-corrected chi connectivity index (χ1v) is 7.40. The standard InChI is InChI=1S/C18H16N4O2/c1-12-2-4-13(5-3-12)17(23)20-14-6-8-15(9-7-14)21-18(24)16-10-11-19-22-16/h2-11H,1H3,(H,19,22)(H,20,23)(H,21,24). The van der Waals surface area contributed by atoms with E-state index in [0.29, 0.717) is 22.6 Å². The highest BCUT2D eigenvalue weighted by Gasteiger charge is 2.08. The zero-order chi connectivity index (χ0) is 16.9. The number of carbonyl (C=O) groups is 2. The molecule has 0 spiro atoms. The number of nitrogens with zero attached hydrogens (tertiary/aromatic N) is 1. The quantitative estimate of drug-likeness (QED) is 0.690. The molecule has 120 valence electrons. The van der Waals surface area contributed by atoms with Crippen LogP contribution in [0.4, 0.5) is 11.4 Å². The molecular weight excluding hydrogens is 304 g/mol. The highest BCUT2D eigenvalue weighted by molar-refractivity contribution is 6.05. The molecule has 3 aromatic rings. The Balaban J connectivity index is 1.63. The summed E-state index contributed by atoms with van der Waals surface area (Å²) in [5.74, 6) is -0.451. The molecule has 3 rings (SSSR count). The van der Waals surface area contributed by atoms with E-state index in [-0.39, 0.29) is 11.8 Å². The number of hydrogen-bond acceptors (Lipinski definition) is 3. The number of aromatic amines is 1. The van der Waals surface area contributed by atoms with Crippen molar-refractivity contribution in [2.45, 2.75) is 6.92 Å². The summed E-state index contributed by atoms with van der Waals surface area (Å²) in [6.45, 7) is 1.97. The first-order valence-electron chi connectivity index (χ1n) is 7.40. The maximum absolute atomic E-state index is 12.2. The third-order valence-electron chi connectivity index (χ3n) is 3.46. The van der Waals surface area contributed by atoms with E-state index in [9.17, 15) is 9.59 Å². The van der Waals surface area contributed by atoms with Crippen LogP contribution >= 0.6 is 0 Å². The van der Waals surface area contributed by atoms with E-state index >= 15 is 0 Å². The first-order chi connectivity index (χ1) is 11.6. The summed E-state index contributed by atoms with van der Waals surface area (Å²) in [4.78, 5) is 24.0. The predicted molar refractivity (Wildman–Crippen MR) is 92.1 cm³/mol. The van der Waals surface area contributed by atoms with Gasteiger partial charge in [0, 0.05) is 23.1 Å². The smallest absolute Gasteiger partial charge is 0.273 e. The lowest BCUT2D eigenvalue weighted by Crippen LogP contribution is -2.13. The summed E-state index contributed by atoms with van der Waals surface area (Å²) in [5, 5.41) is 11.9. The maximum Gasteiger partial charge on any atom is 0.273 e. The number of H-pyrrole nitrogens is 1. The van der Waals surface area contributed by atoms with Gasteiger partial charge in [-0.2, -0.15) is 5.10 Å². The molecule has 24 heavy (non-hydrogen) atoms. The molecule has 0 bridgehead atoms. The van der Waals surface area contributed by atoms with Gasteiger partial charge in [-0.3, -0.25) is 14.7 Å². The largest absolute Gasteiger partial charge is 0.322 e. The minimum atomic E-state index is -0.274. The van der Waals surface area contributed by atoms with Crippen LogP contribution in [0.3, 0.4) is 0 Å². The van der Waals surface area contributed by atoms with E-state index in [4.69, 9.17) is 0 Å². The molecule has 0 saturated carbocycles. The van der Waals surface area contributed by atoms with E-state index in [1.54, 1.807) is 42.5 Å². The van der Waals surface area contributed by atoms with Crippen LogP contribution in [0.1, 0.15) is 26.4 Å². The van der Waals surface area contributed by atoms with Crippen molar-refractivity contribution in [2.24, 2.45) is 0 Å². The fourth-order valence-electron chi connectivity index (χ4n) is 2.13. The highest BCUT2D eigenvalue weighted by atomic mass is 16.2. The lowest BCUT2D eigenvalue weighted by atomic mass is 10.1. The fourth-order valence-corrected chi connectivity index (χ4v) is 2.13. The van der Waals surface area contributed by atoms with Crippen molar-refractivity contribution in [3.63, 3.8) is 0 Å². The van der Waals surface area contributed by atoms with Gasteiger partial charge in [-0.25, -0.2) is 0 Å². The number of hydrogen-bond donors (Lipinski definition) is 3. The van der Waals surface area contributed by atoms with Gasteiger partial charge in [0.25, 0.3) is 11.8 Å². The summed E-state index contributed by atoms with van der Waals surface area (Å²) in [6.07, 6.45) is 1.51. The fraction of sp³-hybridized carbons (Fsp3) is 0.0556. The molecule has 0 radical (unpaired) electrons. The van der Waals surface area contributed by atoms with Crippen molar-refractivity contribution in [1.29, 1.82) is 0 Å². The molecule has 6 nitrogen and oxygen atoms in total. The number of anilines is 2. The Hall–Kier alpha value is -3.41. The van der Waals surface area contributed by atoms with Crippen molar-refractivity contribution in [3.05, 3.63) is 77.6 Å². The Morgan fingerprint density at radius 3 is 1.96 bits per heavy atom. The molecule has 0 fully saturated rings. The molecule has 1 aromatic heterocycles. The van der Waals surface area contributed by atoms with E-state index in [0.717, 1.165) is 5.56 Å². The van der Waals surface area contributed by atoms with E-state index in [2.05, 4.69) is 20.8 Å². The molecule has 0 aliphatic carbocycles. The van der Waals surface area contributed by atoms with Crippen LogP contribution < -0.4 is 10.6 Å². The second-order valence-electron chi connectivity index (χ2n) is 5.32. The van der Waals surface area contributed by atoms with Crippen LogP contribution in [-0.2, 0) is 0 Å². The number of amides is 2. The van der Waals surface area contributed by atoms with Gasteiger partial charge in [0.05, 0.1) is 0 Å². The van der Waals surface area contributed by atoms with Crippen LogP contribution in [0.25, 0.3) is 0 Å². The first kappa shape index (κ1) is 15.5. The molecule has 2 amide bonds. The third kappa shape index (κ3) is 3.67. The average Bonchev–Trinajstić information content (AvgIpc) is 3.12. The molecule has 0 aliphatic rings. The number of benzene rings is 2. The van der Waals surface area contributed by atoms with Gasteiger partial charge >= 0.3 is 0 Å². The van der Waals surface area contributed by atoms with E-state index in [1.165, 1.54) is 6.20 Å². The van der Waals surface area contributed by atoms with Crippen molar-refractivity contribution < 1.29 is 9.59 Å². The number of aromatic nitrogens is 2. The van der Waals surface area contributed by atoms with Gasteiger partial charge in [-0.1, -0.05) is 17.7 Å². The molecular formula is C18H16N4O2. The minimum absolute atomic E-state index is 0.177. The second kappa shape index (κ2) is 6.78. The van der Waals surface area contributed by atoms with E-state index < -0.39 is 0 Å². The molecule has 0 saturated heterocycles. The third-order valence-corrected chi connectivity index (χ3v) is 3.46. The van der Waals surface area contributed by atoms with Gasteiger partial charge in [-0.05, 0) is 49.4 Å². The van der Waals surface area contributed by atoms with Crippen molar-refractivity contribution in [3.8, 4) is 0 Å². The molecule has 0 aliphatic heterocycles. The molecule has 3 N–H and O–H groups in total. The number of aryl methyl sites for hydroxylation is 1. The van der Waals surface area contributed by atoms with Crippen LogP contribution in [0, 0.1) is 6.92 Å². The SMILES string of the molecule is Cc1ccc(C(=O)Nc2ccc(NC(=O)c3ccn[nH]3)cc2)cc1. The lowest BCUT2D eigenvalue weighted by Gasteiger charge is -2.08. The Bertz CT molecular complexity index is 838. The highest BCUT2D eigenvalue weighted by Crippen LogP contribution is 2.15. The van der Waals surface area contributed by atoms with E-state index in [1.807, 2.05) is 19.1 Å². The van der Waals surface area contributed by atoms with Crippen molar-refractivity contribution >= 4 is 23.2 Å². The maximum atomic E-state index is 12.2. The number of nitrogens with one attached hydrogen (secondary N) is 3. The minimum Gasteiger partial charge on any atom is -0.322 e. The summed E-state index contributed by atoms with van der Waals surface area (Å²) in [5.41, 5.74) is 3.36. The average molecular weight is 320 g/mol. The zero-order valence-corrected chi connectivity index (χ0v) is 13.0. The number of rotatable bonds is 4. The number of carbonyl (C=O) groups excluding carboxylic acids is 2. The van der Waals surface area contributed by atoms with Crippen LogP contribution in [0.2, 0.25) is 0 Å². The predicted octanol–water partition coefficient (Wildman–Crippen LogP) is 3.22. The second-order valence-corrected chi connectivity index (χ2v) is 5.32. The Morgan fingerprint density at radius 2 is 1.42 bits per heavy atom. The Kier molecular flexibility index (Phi) is 4.38. The van der Waals surface area contributed by atoms with Gasteiger partial charge in [0.1, 0.15) is 5.69 Å². The van der Waals surface area contributed by atoms with Gasteiger partial charge in [0.2, 0.25) is 0 Å². The summed E-state index contributed by atoms with van der Waals surface area (Å²) in [6, 6.07) is 15.8. The summed E-state index contributed by atoms with van der Waals surface area (Å²) < 4.78 is 0. The van der Waals surface area contributed by atoms with Crippen LogP contribution in [0.15, 0.2) is 60.8 Å². The van der Waals surface area contributed by atoms with Crippen molar-refractivity contribution in [2.75, 3.05) is 10.6 Å².